The van der Waals surface area contributed by atoms with Crippen LogP contribution in [0.4, 0.5) is 5.69 Å². The van der Waals surface area contributed by atoms with Gasteiger partial charge >= 0.3 is 0 Å². The maximum absolute atomic E-state index is 5.59. The van der Waals surface area contributed by atoms with Crippen molar-refractivity contribution in [3.05, 3.63) is 36.0 Å². The average molecular weight is 271 g/mol. The van der Waals surface area contributed by atoms with Gasteiger partial charge in [0, 0.05) is 24.2 Å². The lowest BCUT2D eigenvalue weighted by Gasteiger charge is -2.29. The van der Waals surface area contributed by atoms with Crippen molar-refractivity contribution < 1.29 is 4.74 Å². The lowest BCUT2D eigenvalue weighted by Crippen LogP contribution is -2.36. The fourth-order valence-corrected chi connectivity index (χ4v) is 2.65. The van der Waals surface area contributed by atoms with Crippen LogP contribution in [0.3, 0.4) is 0 Å². The van der Waals surface area contributed by atoms with E-state index in [1.165, 1.54) is 11.1 Å². The van der Waals surface area contributed by atoms with Crippen LogP contribution in [0.25, 0.3) is 10.9 Å². The van der Waals surface area contributed by atoms with E-state index in [2.05, 4.69) is 35.2 Å². The first kappa shape index (κ1) is 13.3. The van der Waals surface area contributed by atoms with Gasteiger partial charge in [-0.1, -0.05) is 18.2 Å². The maximum Gasteiger partial charge on any atom is 0.0938 e. The number of ether oxygens (including phenoxy) is 1. The fourth-order valence-electron chi connectivity index (χ4n) is 2.65. The minimum absolute atomic E-state index is 0.713. The number of aryl methyl sites for hydroxylation is 1. The number of anilines is 1. The smallest absolute Gasteiger partial charge is 0.0938 e. The molecule has 3 rings (SSSR count). The third-order valence-corrected chi connectivity index (χ3v) is 3.75. The number of aromatic nitrogens is 1. The monoisotopic (exact) mass is 271 g/mol. The molecule has 2 aromatic rings. The Morgan fingerprint density at radius 2 is 2.00 bits per heavy atom. The number of morpholine rings is 1. The van der Waals surface area contributed by atoms with E-state index in [4.69, 9.17) is 15.5 Å². The van der Waals surface area contributed by atoms with Crippen LogP contribution in [0, 0.1) is 0 Å². The Kier molecular flexibility index (Phi) is 4.14. The number of nitrogens with zero attached hydrogens (tertiary/aromatic N) is 2. The van der Waals surface area contributed by atoms with E-state index in [9.17, 15) is 0 Å². The molecule has 0 bridgehead atoms. The highest BCUT2D eigenvalue weighted by Crippen LogP contribution is 2.26. The lowest BCUT2D eigenvalue weighted by atomic mass is 10.1. The lowest BCUT2D eigenvalue weighted by molar-refractivity contribution is 0.123. The molecule has 4 nitrogen and oxygen atoms in total. The summed E-state index contributed by atoms with van der Waals surface area (Å²) in [4.78, 5) is 7.22. The Labute approximate surface area is 119 Å². The van der Waals surface area contributed by atoms with E-state index in [0.717, 1.165) is 50.4 Å². The van der Waals surface area contributed by atoms with Gasteiger partial charge in [0.15, 0.2) is 0 Å². The quantitative estimate of drug-likeness (QED) is 0.923. The van der Waals surface area contributed by atoms with Crippen molar-refractivity contribution in [2.75, 3.05) is 37.7 Å². The first-order chi connectivity index (χ1) is 9.88. The normalized spacial score (nSPS) is 15.8. The summed E-state index contributed by atoms with van der Waals surface area (Å²) in [5.41, 5.74) is 9.04. The number of hydrogen-bond acceptors (Lipinski definition) is 4. The molecule has 0 radical (unpaired) electrons. The topological polar surface area (TPSA) is 51.4 Å². The molecule has 0 spiro atoms. The van der Waals surface area contributed by atoms with E-state index in [1.54, 1.807) is 0 Å². The van der Waals surface area contributed by atoms with Crippen molar-refractivity contribution in [3.63, 3.8) is 0 Å². The summed E-state index contributed by atoms with van der Waals surface area (Å²) in [6, 6.07) is 10.7. The van der Waals surface area contributed by atoms with Gasteiger partial charge in [0.2, 0.25) is 0 Å². The van der Waals surface area contributed by atoms with Crippen molar-refractivity contribution in [1.29, 1.82) is 0 Å². The van der Waals surface area contributed by atoms with E-state index < -0.39 is 0 Å². The summed E-state index contributed by atoms with van der Waals surface area (Å²) in [5.74, 6) is 0. The highest BCUT2D eigenvalue weighted by Gasteiger charge is 2.14. The molecule has 1 aliphatic heterocycles. The van der Waals surface area contributed by atoms with Crippen LogP contribution < -0.4 is 10.6 Å². The molecule has 1 saturated heterocycles. The standard InChI is InChI=1S/C16H21N3O/c17-8-2-4-14-7-6-13-3-1-5-15(16(13)18-14)19-9-11-20-12-10-19/h1,3,5-7H,2,4,8-12,17H2. The zero-order chi connectivity index (χ0) is 13.8. The van der Waals surface area contributed by atoms with E-state index >= 15 is 0 Å². The highest BCUT2D eigenvalue weighted by atomic mass is 16.5. The maximum atomic E-state index is 5.59. The zero-order valence-electron chi connectivity index (χ0n) is 11.7. The Bertz CT molecular complexity index is 579. The molecule has 1 aromatic carbocycles. The fraction of sp³-hybridized carbons (Fsp3) is 0.438. The summed E-state index contributed by atoms with van der Waals surface area (Å²) < 4.78 is 5.43. The molecule has 0 amide bonds. The van der Waals surface area contributed by atoms with Crippen LogP contribution in [-0.2, 0) is 11.2 Å². The highest BCUT2D eigenvalue weighted by molar-refractivity contribution is 5.91. The van der Waals surface area contributed by atoms with E-state index in [-0.39, 0.29) is 0 Å². The number of rotatable bonds is 4. The molecule has 106 valence electrons. The van der Waals surface area contributed by atoms with Crippen LogP contribution in [0.2, 0.25) is 0 Å². The largest absolute Gasteiger partial charge is 0.378 e. The number of nitrogens with two attached hydrogens (primary N) is 1. The second-order valence-electron chi connectivity index (χ2n) is 5.14. The molecule has 0 unspecified atom stereocenters. The summed E-state index contributed by atoms with van der Waals surface area (Å²) in [7, 11) is 0. The Morgan fingerprint density at radius 3 is 2.80 bits per heavy atom. The molecule has 0 saturated carbocycles. The molecular formula is C16H21N3O. The number of pyridine rings is 1. The number of fused-ring (bicyclic) bond motifs is 1. The van der Waals surface area contributed by atoms with Crippen molar-refractivity contribution in [3.8, 4) is 0 Å². The van der Waals surface area contributed by atoms with Crippen molar-refractivity contribution in [2.24, 2.45) is 5.73 Å². The van der Waals surface area contributed by atoms with Crippen LogP contribution in [0.15, 0.2) is 30.3 Å². The number of benzene rings is 1. The molecule has 2 N–H and O–H groups in total. The second kappa shape index (κ2) is 6.20. The van der Waals surface area contributed by atoms with Gasteiger partial charge in [0.25, 0.3) is 0 Å². The van der Waals surface area contributed by atoms with Gasteiger partial charge in [-0.25, -0.2) is 0 Å². The molecule has 20 heavy (non-hydrogen) atoms. The van der Waals surface area contributed by atoms with Crippen molar-refractivity contribution >= 4 is 16.6 Å². The summed E-state index contributed by atoms with van der Waals surface area (Å²) >= 11 is 0. The van der Waals surface area contributed by atoms with Gasteiger partial charge < -0.3 is 15.4 Å². The summed E-state index contributed by atoms with van der Waals surface area (Å²) in [6.07, 6.45) is 1.93. The van der Waals surface area contributed by atoms with Crippen LogP contribution in [-0.4, -0.2) is 37.8 Å². The molecular weight excluding hydrogens is 250 g/mol. The summed E-state index contributed by atoms with van der Waals surface area (Å²) in [5, 5.41) is 1.20. The predicted octanol–water partition coefficient (Wildman–Crippen LogP) is 1.96. The van der Waals surface area contributed by atoms with E-state index in [1.807, 2.05) is 0 Å². The van der Waals surface area contributed by atoms with Crippen molar-refractivity contribution in [2.45, 2.75) is 12.8 Å². The van der Waals surface area contributed by atoms with Crippen LogP contribution in [0.5, 0.6) is 0 Å². The molecule has 0 aliphatic carbocycles. The first-order valence-electron chi connectivity index (χ1n) is 7.30. The van der Waals surface area contributed by atoms with Gasteiger partial charge in [-0.3, -0.25) is 4.98 Å². The predicted molar refractivity (Wildman–Crippen MR) is 82.2 cm³/mol. The molecule has 2 heterocycles. The molecule has 0 atom stereocenters. The van der Waals surface area contributed by atoms with Gasteiger partial charge in [0.05, 0.1) is 24.4 Å². The molecule has 4 heteroatoms. The van der Waals surface area contributed by atoms with Gasteiger partial charge in [-0.2, -0.15) is 0 Å². The third kappa shape index (κ3) is 2.76. The van der Waals surface area contributed by atoms with Gasteiger partial charge in [0.1, 0.15) is 0 Å². The average Bonchev–Trinajstić information content (AvgIpc) is 2.53. The SMILES string of the molecule is NCCCc1ccc2cccc(N3CCOCC3)c2n1. The Hall–Kier alpha value is -1.65. The molecule has 1 fully saturated rings. The first-order valence-corrected chi connectivity index (χ1v) is 7.30. The minimum Gasteiger partial charge on any atom is -0.378 e. The van der Waals surface area contributed by atoms with Crippen LogP contribution in [0.1, 0.15) is 12.1 Å². The Balaban J connectivity index is 1.97. The summed E-state index contributed by atoms with van der Waals surface area (Å²) in [6.45, 7) is 4.18. The number of para-hydroxylation sites is 1. The molecule has 1 aliphatic rings. The van der Waals surface area contributed by atoms with E-state index in [0.29, 0.717) is 6.54 Å². The Morgan fingerprint density at radius 1 is 1.15 bits per heavy atom. The minimum atomic E-state index is 0.713. The van der Waals surface area contributed by atoms with Gasteiger partial charge in [-0.15, -0.1) is 0 Å². The second-order valence-corrected chi connectivity index (χ2v) is 5.14. The van der Waals surface area contributed by atoms with Crippen molar-refractivity contribution in [1.82, 2.24) is 4.98 Å². The van der Waals surface area contributed by atoms with Gasteiger partial charge in [-0.05, 0) is 31.5 Å². The third-order valence-electron chi connectivity index (χ3n) is 3.75. The number of hydrogen-bond donors (Lipinski definition) is 1. The molecule has 1 aromatic heterocycles. The zero-order valence-corrected chi connectivity index (χ0v) is 11.7. The van der Waals surface area contributed by atoms with Crippen LogP contribution >= 0.6 is 0 Å².